The molecule has 0 aliphatic heterocycles. The molecule has 0 bridgehead atoms. The van der Waals surface area contributed by atoms with Crippen LogP contribution in [0.15, 0.2) is 22.4 Å². The van der Waals surface area contributed by atoms with Crippen LogP contribution in [0, 0.1) is 6.92 Å². The second-order valence-electron chi connectivity index (χ2n) is 2.89. The van der Waals surface area contributed by atoms with E-state index < -0.39 is 0 Å². The Labute approximate surface area is 74.1 Å². The molecule has 0 amide bonds. The van der Waals surface area contributed by atoms with Gasteiger partial charge < -0.3 is 4.57 Å². The minimum absolute atomic E-state index is 0.103. The lowest BCUT2D eigenvalue weighted by Crippen LogP contribution is -2.15. The van der Waals surface area contributed by atoms with Crippen molar-refractivity contribution >= 4 is 21.4 Å². The molecule has 0 saturated heterocycles. The minimum atomic E-state index is 0.103. The van der Waals surface area contributed by atoms with E-state index in [4.69, 9.17) is 0 Å². The lowest BCUT2D eigenvalue weighted by atomic mass is 10.2. The average Bonchev–Trinajstić information content (AvgIpc) is 2.41. The van der Waals surface area contributed by atoms with Crippen molar-refractivity contribution in [3.05, 3.63) is 33.6 Å². The third kappa shape index (κ3) is 0.898. The number of hydrogen-bond acceptors (Lipinski definition) is 2. The van der Waals surface area contributed by atoms with Crippen molar-refractivity contribution in [3.63, 3.8) is 0 Å². The van der Waals surface area contributed by atoms with Crippen LogP contribution < -0.4 is 5.56 Å². The van der Waals surface area contributed by atoms with Crippen molar-refractivity contribution in [2.45, 2.75) is 6.92 Å². The zero-order valence-corrected chi connectivity index (χ0v) is 7.81. The van der Waals surface area contributed by atoms with E-state index in [9.17, 15) is 4.79 Å². The fourth-order valence-electron chi connectivity index (χ4n) is 1.28. The Bertz CT molecular complexity index is 481. The van der Waals surface area contributed by atoms with Gasteiger partial charge in [0.2, 0.25) is 0 Å². The van der Waals surface area contributed by atoms with Gasteiger partial charge >= 0.3 is 0 Å². The van der Waals surface area contributed by atoms with E-state index in [0.717, 1.165) is 15.6 Å². The molecule has 0 aliphatic carbocycles. The van der Waals surface area contributed by atoms with E-state index in [-0.39, 0.29) is 5.56 Å². The van der Waals surface area contributed by atoms with E-state index in [1.807, 2.05) is 18.4 Å². The SMILES string of the molecule is Cc1csc2ccn(C)c(=O)c12. The molecule has 0 unspecified atom stereocenters. The molecule has 0 spiro atoms. The number of thiophene rings is 1. The van der Waals surface area contributed by atoms with E-state index in [0.29, 0.717) is 0 Å². The maximum Gasteiger partial charge on any atom is 0.259 e. The van der Waals surface area contributed by atoms with Crippen LogP contribution in [0.25, 0.3) is 10.1 Å². The molecule has 0 aromatic carbocycles. The monoisotopic (exact) mass is 179 g/mol. The third-order valence-corrected chi connectivity index (χ3v) is 3.05. The number of rotatable bonds is 0. The highest BCUT2D eigenvalue weighted by Gasteiger charge is 2.04. The molecule has 0 radical (unpaired) electrons. The predicted molar refractivity (Wildman–Crippen MR) is 51.8 cm³/mol. The summed E-state index contributed by atoms with van der Waals surface area (Å²) in [6, 6.07) is 1.98. The molecule has 2 heterocycles. The molecular weight excluding hydrogens is 170 g/mol. The molecule has 2 nitrogen and oxygen atoms in total. The maximum absolute atomic E-state index is 11.6. The summed E-state index contributed by atoms with van der Waals surface area (Å²) in [6.07, 6.45) is 1.81. The van der Waals surface area contributed by atoms with Crippen LogP contribution in [-0.2, 0) is 7.05 Å². The highest BCUT2D eigenvalue weighted by atomic mass is 32.1. The Balaban J connectivity index is 3.06. The summed E-state index contributed by atoms with van der Waals surface area (Å²) in [5.74, 6) is 0. The van der Waals surface area contributed by atoms with Gasteiger partial charge in [-0.1, -0.05) is 0 Å². The number of hydrogen-bond donors (Lipinski definition) is 0. The smallest absolute Gasteiger partial charge is 0.259 e. The van der Waals surface area contributed by atoms with Crippen LogP contribution in [0.3, 0.4) is 0 Å². The van der Waals surface area contributed by atoms with Gasteiger partial charge in [-0.3, -0.25) is 4.79 Å². The lowest BCUT2D eigenvalue weighted by molar-refractivity contribution is 0.873. The molecule has 2 rings (SSSR count). The molecule has 0 saturated carbocycles. The highest BCUT2D eigenvalue weighted by molar-refractivity contribution is 7.17. The second-order valence-corrected chi connectivity index (χ2v) is 3.80. The molecular formula is C9H9NOS. The molecule has 0 atom stereocenters. The molecule has 0 N–H and O–H groups in total. The topological polar surface area (TPSA) is 22.0 Å². The molecule has 3 heteroatoms. The third-order valence-electron chi connectivity index (χ3n) is 1.99. The quantitative estimate of drug-likeness (QED) is 0.605. The summed E-state index contributed by atoms with van der Waals surface area (Å²) < 4.78 is 2.69. The number of aromatic nitrogens is 1. The minimum Gasteiger partial charge on any atom is -0.318 e. The molecule has 0 aliphatic rings. The largest absolute Gasteiger partial charge is 0.318 e. The van der Waals surface area contributed by atoms with Gasteiger partial charge in [0.05, 0.1) is 5.39 Å². The lowest BCUT2D eigenvalue weighted by Gasteiger charge is -1.96. The van der Waals surface area contributed by atoms with Crippen molar-refractivity contribution in [2.75, 3.05) is 0 Å². The summed E-state index contributed by atoms with van der Waals surface area (Å²) in [4.78, 5) is 11.6. The van der Waals surface area contributed by atoms with Crippen LogP contribution >= 0.6 is 11.3 Å². The van der Waals surface area contributed by atoms with Crippen molar-refractivity contribution < 1.29 is 0 Å². The normalized spacial score (nSPS) is 10.8. The highest BCUT2D eigenvalue weighted by Crippen LogP contribution is 2.21. The van der Waals surface area contributed by atoms with Crippen LogP contribution in [0.2, 0.25) is 0 Å². The van der Waals surface area contributed by atoms with E-state index >= 15 is 0 Å². The summed E-state index contributed by atoms with van der Waals surface area (Å²) in [5, 5.41) is 2.89. The Morgan fingerprint density at radius 3 is 3.00 bits per heavy atom. The van der Waals surface area contributed by atoms with E-state index in [2.05, 4.69) is 0 Å². The first-order chi connectivity index (χ1) is 5.70. The fourth-order valence-corrected chi connectivity index (χ4v) is 2.21. The summed E-state index contributed by atoms with van der Waals surface area (Å²) >= 11 is 1.62. The molecule has 62 valence electrons. The summed E-state index contributed by atoms with van der Waals surface area (Å²) in [7, 11) is 1.78. The average molecular weight is 179 g/mol. The van der Waals surface area contributed by atoms with Gasteiger partial charge in [-0.05, 0) is 23.9 Å². The second kappa shape index (κ2) is 2.45. The van der Waals surface area contributed by atoms with Gasteiger partial charge in [0, 0.05) is 17.9 Å². The van der Waals surface area contributed by atoms with Gasteiger partial charge in [-0.25, -0.2) is 0 Å². The number of pyridine rings is 1. The summed E-state index contributed by atoms with van der Waals surface area (Å²) in [6.45, 7) is 1.97. The van der Waals surface area contributed by atoms with Crippen LogP contribution in [-0.4, -0.2) is 4.57 Å². The van der Waals surface area contributed by atoms with Gasteiger partial charge in [0.1, 0.15) is 0 Å². The van der Waals surface area contributed by atoms with Crippen molar-refractivity contribution in [3.8, 4) is 0 Å². The Hall–Kier alpha value is -1.09. The standard InChI is InChI=1S/C9H9NOS/c1-6-5-12-7-3-4-10(2)9(11)8(6)7/h3-5H,1-2H3. The predicted octanol–water partition coefficient (Wildman–Crippen LogP) is 1.91. The van der Waals surface area contributed by atoms with Gasteiger partial charge in [-0.15, -0.1) is 11.3 Å². The molecule has 2 aromatic rings. The first-order valence-electron chi connectivity index (χ1n) is 3.73. The zero-order chi connectivity index (χ0) is 8.72. The first-order valence-corrected chi connectivity index (χ1v) is 4.61. The Kier molecular flexibility index (Phi) is 1.54. The Morgan fingerprint density at radius 2 is 2.25 bits per heavy atom. The van der Waals surface area contributed by atoms with Gasteiger partial charge in [0.15, 0.2) is 0 Å². The number of aryl methyl sites for hydroxylation is 2. The van der Waals surface area contributed by atoms with Crippen LogP contribution in [0.4, 0.5) is 0 Å². The van der Waals surface area contributed by atoms with Crippen LogP contribution in [0.5, 0.6) is 0 Å². The molecule has 0 fully saturated rings. The zero-order valence-electron chi connectivity index (χ0n) is 7.00. The number of nitrogens with zero attached hydrogens (tertiary/aromatic N) is 1. The van der Waals surface area contributed by atoms with Crippen LogP contribution in [0.1, 0.15) is 5.56 Å². The molecule has 12 heavy (non-hydrogen) atoms. The van der Waals surface area contributed by atoms with Crippen molar-refractivity contribution in [1.82, 2.24) is 4.57 Å². The maximum atomic E-state index is 11.6. The van der Waals surface area contributed by atoms with E-state index in [1.165, 1.54) is 0 Å². The summed E-state index contributed by atoms with van der Waals surface area (Å²) in [5.41, 5.74) is 1.18. The number of fused-ring (bicyclic) bond motifs is 1. The Morgan fingerprint density at radius 1 is 1.50 bits per heavy atom. The first kappa shape index (κ1) is 7.55. The molecule has 2 aromatic heterocycles. The van der Waals surface area contributed by atoms with Crippen molar-refractivity contribution in [2.24, 2.45) is 7.05 Å². The van der Waals surface area contributed by atoms with E-state index in [1.54, 1.807) is 29.1 Å². The van der Waals surface area contributed by atoms with Gasteiger partial charge in [0.25, 0.3) is 5.56 Å². The fraction of sp³-hybridized carbons (Fsp3) is 0.222. The van der Waals surface area contributed by atoms with Crippen molar-refractivity contribution in [1.29, 1.82) is 0 Å². The van der Waals surface area contributed by atoms with Gasteiger partial charge in [-0.2, -0.15) is 0 Å².